The van der Waals surface area contributed by atoms with Gasteiger partial charge in [-0.1, -0.05) is 0 Å². The molecule has 1 atom stereocenters. The summed E-state index contributed by atoms with van der Waals surface area (Å²) in [6, 6.07) is 0.152. The van der Waals surface area contributed by atoms with Crippen LogP contribution in [0.25, 0.3) is 0 Å². The summed E-state index contributed by atoms with van der Waals surface area (Å²) >= 11 is 0. The molecule has 26 heavy (non-hydrogen) atoms. The molecule has 2 bridgehead atoms. The van der Waals surface area contributed by atoms with Gasteiger partial charge in [-0.3, -0.25) is 9.59 Å². The van der Waals surface area contributed by atoms with Gasteiger partial charge in [0, 0.05) is 23.9 Å². The highest BCUT2D eigenvalue weighted by atomic mass is 16.2. The third-order valence-electron chi connectivity index (χ3n) is 8.14. The van der Waals surface area contributed by atoms with Crippen LogP contribution in [0.1, 0.15) is 77.0 Å². The molecule has 0 aromatic heterocycles. The van der Waals surface area contributed by atoms with Crippen molar-refractivity contribution >= 4 is 11.8 Å². The Hall–Kier alpha value is -1.06. The molecule has 0 aromatic rings. The largest absolute Gasteiger partial charge is 0.354 e. The number of nitrogens with one attached hydrogen (secondary N) is 2. The van der Waals surface area contributed by atoms with Gasteiger partial charge in [0.25, 0.3) is 0 Å². The topological polar surface area (TPSA) is 58.2 Å². The van der Waals surface area contributed by atoms with E-state index >= 15 is 0 Å². The first-order valence-corrected chi connectivity index (χ1v) is 11.2. The molecule has 144 valence electrons. The van der Waals surface area contributed by atoms with Gasteiger partial charge in [-0.2, -0.15) is 0 Å². The van der Waals surface area contributed by atoms with Crippen molar-refractivity contribution in [2.45, 2.75) is 83.1 Å². The lowest BCUT2D eigenvalue weighted by Crippen LogP contribution is -2.53. The minimum absolute atomic E-state index is 0.0868. The maximum Gasteiger partial charge on any atom is 0.226 e. The van der Waals surface area contributed by atoms with Crippen molar-refractivity contribution in [3.63, 3.8) is 0 Å². The van der Waals surface area contributed by atoms with Crippen LogP contribution in [0.15, 0.2) is 0 Å². The Kier molecular flexibility index (Phi) is 4.28. The molecule has 4 heteroatoms. The lowest BCUT2D eigenvalue weighted by atomic mass is 9.60. The first-order valence-electron chi connectivity index (χ1n) is 11.2. The smallest absolute Gasteiger partial charge is 0.226 e. The van der Waals surface area contributed by atoms with Crippen LogP contribution in [0.5, 0.6) is 0 Å². The normalized spacial score (nSPS) is 34.6. The monoisotopic (exact) mass is 358 g/mol. The van der Waals surface area contributed by atoms with E-state index in [1.807, 2.05) is 0 Å². The highest BCUT2D eigenvalue weighted by Gasteiger charge is 2.48. The summed E-state index contributed by atoms with van der Waals surface area (Å²) in [6.07, 6.45) is 14.3. The zero-order chi connectivity index (χ0) is 17.7. The van der Waals surface area contributed by atoms with E-state index in [4.69, 9.17) is 0 Å². The average Bonchev–Trinajstić information content (AvgIpc) is 3.50. The van der Waals surface area contributed by atoms with E-state index in [1.165, 1.54) is 57.8 Å². The van der Waals surface area contributed by atoms with E-state index < -0.39 is 0 Å². The molecule has 0 radical (unpaired) electrons. The second kappa shape index (κ2) is 6.53. The van der Waals surface area contributed by atoms with Crippen LogP contribution in [0.2, 0.25) is 0 Å². The predicted octanol–water partition coefficient (Wildman–Crippen LogP) is 3.40. The molecular weight excluding hydrogens is 324 g/mol. The SMILES string of the molecule is O=C(NCC(NC(=O)C12CCC(CC1)CC2)C1CC1)C(C1CC1)C1CC1. The molecule has 6 saturated carbocycles. The Balaban J connectivity index is 1.17. The quantitative estimate of drug-likeness (QED) is 0.699. The van der Waals surface area contributed by atoms with Gasteiger partial charge in [-0.15, -0.1) is 0 Å². The van der Waals surface area contributed by atoms with Crippen molar-refractivity contribution in [3.8, 4) is 0 Å². The highest BCUT2D eigenvalue weighted by molar-refractivity contribution is 5.83. The van der Waals surface area contributed by atoms with Crippen LogP contribution < -0.4 is 10.6 Å². The molecule has 6 fully saturated rings. The molecule has 0 saturated heterocycles. The molecular formula is C22H34N2O2. The van der Waals surface area contributed by atoms with Crippen molar-refractivity contribution in [2.75, 3.05) is 6.54 Å². The van der Waals surface area contributed by atoms with E-state index in [9.17, 15) is 9.59 Å². The maximum atomic E-state index is 13.1. The second-order valence-electron chi connectivity index (χ2n) is 10.1. The van der Waals surface area contributed by atoms with Crippen LogP contribution in [-0.2, 0) is 9.59 Å². The molecule has 6 rings (SSSR count). The number of amides is 2. The van der Waals surface area contributed by atoms with Gasteiger partial charge >= 0.3 is 0 Å². The van der Waals surface area contributed by atoms with E-state index in [0.717, 1.165) is 25.2 Å². The van der Waals surface area contributed by atoms with Crippen LogP contribution in [-0.4, -0.2) is 24.4 Å². The van der Waals surface area contributed by atoms with E-state index in [-0.39, 0.29) is 23.3 Å². The first-order chi connectivity index (χ1) is 12.6. The summed E-state index contributed by atoms with van der Waals surface area (Å²) in [6.45, 7) is 0.643. The Labute approximate surface area is 157 Å². The van der Waals surface area contributed by atoms with Crippen molar-refractivity contribution in [1.82, 2.24) is 10.6 Å². The summed E-state index contributed by atoms with van der Waals surface area (Å²) < 4.78 is 0. The fourth-order valence-electron chi connectivity index (χ4n) is 5.80. The third-order valence-corrected chi connectivity index (χ3v) is 8.14. The summed E-state index contributed by atoms with van der Waals surface area (Å²) in [5.74, 6) is 3.58. The molecule has 0 spiro atoms. The minimum atomic E-state index is -0.0868. The lowest BCUT2D eigenvalue weighted by molar-refractivity contribution is -0.138. The summed E-state index contributed by atoms with van der Waals surface area (Å²) in [5, 5.41) is 6.64. The van der Waals surface area contributed by atoms with Crippen LogP contribution in [0.4, 0.5) is 0 Å². The lowest BCUT2D eigenvalue weighted by Gasteiger charge is -2.45. The third kappa shape index (κ3) is 3.41. The number of hydrogen-bond donors (Lipinski definition) is 2. The zero-order valence-electron chi connectivity index (χ0n) is 16.0. The minimum Gasteiger partial charge on any atom is -0.354 e. The number of carbonyl (C=O) groups excluding carboxylic acids is 2. The van der Waals surface area contributed by atoms with Gasteiger partial charge in [0.1, 0.15) is 0 Å². The molecule has 0 aromatic carbocycles. The van der Waals surface area contributed by atoms with E-state index in [0.29, 0.717) is 30.2 Å². The predicted molar refractivity (Wildman–Crippen MR) is 100 cm³/mol. The standard InChI is InChI=1S/C22H34N2O2/c25-20(19(16-3-4-16)17-5-6-17)23-13-18(15-1-2-15)24-21(26)22-10-7-14(8-11-22)9-12-22/h14-19H,1-13H2,(H,23,25)(H,24,26). The Bertz CT molecular complexity index is 543. The molecule has 0 aliphatic heterocycles. The molecule has 0 heterocycles. The van der Waals surface area contributed by atoms with Gasteiger partial charge in [0.2, 0.25) is 11.8 Å². The summed E-state index contributed by atoms with van der Waals surface area (Å²) in [5.41, 5.74) is -0.0868. The molecule has 6 aliphatic carbocycles. The van der Waals surface area contributed by atoms with Crippen LogP contribution in [0.3, 0.4) is 0 Å². The van der Waals surface area contributed by atoms with Crippen molar-refractivity contribution < 1.29 is 9.59 Å². The van der Waals surface area contributed by atoms with Crippen LogP contribution >= 0.6 is 0 Å². The highest BCUT2D eigenvalue weighted by Crippen LogP contribution is 2.51. The van der Waals surface area contributed by atoms with E-state index in [2.05, 4.69) is 10.6 Å². The van der Waals surface area contributed by atoms with Crippen molar-refractivity contribution in [2.24, 2.45) is 35.0 Å². The number of rotatable bonds is 8. The second-order valence-corrected chi connectivity index (χ2v) is 10.1. The molecule has 2 N–H and O–H groups in total. The molecule has 4 nitrogen and oxygen atoms in total. The molecule has 6 aliphatic rings. The van der Waals surface area contributed by atoms with E-state index in [1.54, 1.807) is 0 Å². The van der Waals surface area contributed by atoms with Gasteiger partial charge in [0.15, 0.2) is 0 Å². The Morgan fingerprint density at radius 1 is 0.808 bits per heavy atom. The van der Waals surface area contributed by atoms with Gasteiger partial charge < -0.3 is 10.6 Å². The van der Waals surface area contributed by atoms with Gasteiger partial charge in [-0.05, 0) is 101 Å². The van der Waals surface area contributed by atoms with Crippen molar-refractivity contribution in [3.05, 3.63) is 0 Å². The maximum absolute atomic E-state index is 13.1. The number of carbonyl (C=O) groups is 2. The summed E-state index contributed by atoms with van der Waals surface area (Å²) in [7, 11) is 0. The summed E-state index contributed by atoms with van der Waals surface area (Å²) in [4.78, 5) is 25.9. The fraction of sp³-hybridized carbons (Fsp3) is 0.909. The average molecular weight is 359 g/mol. The molecule has 1 unspecified atom stereocenters. The Morgan fingerprint density at radius 3 is 1.85 bits per heavy atom. The zero-order valence-corrected chi connectivity index (χ0v) is 16.0. The van der Waals surface area contributed by atoms with Gasteiger partial charge in [0.05, 0.1) is 0 Å². The number of hydrogen-bond acceptors (Lipinski definition) is 2. The van der Waals surface area contributed by atoms with Gasteiger partial charge in [-0.25, -0.2) is 0 Å². The van der Waals surface area contributed by atoms with Crippen LogP contribution in [0, 0.1) is 35.0 Å². The first kappa shape index (κ1) is 17.1. The number of fused-ring (bicyclic) bond motifs is 3. The fourth-order valence-corrected chi connectivity index (χ4v) is 5.80. The van der Waals surface area contributed by atoms with Crippen molar-refractivity contribution in [1.29, 1.82) is 0 Å². The molecule has 2 amide bonds. The Morgan fingerprint density at radius 2 is 1.35 bits per heavy atom.